The van der Waals surface area contributed by atoms with Crippen molar-refractivity contribution < 1.29 is 19.1 Å². The van der Waals surface area contributed by atoms with Gasteiger partial charge in [0, 0.05) is 6.08 Å². The molecule has 0 aliphatic rings. The lowest BCUT2D eigenvalue weighted by Gasteiger charge is -2.06. The van der Waals surface area contributed by atoms with Crippen molar-refractivity contribution in [3.8, 4) is 6.07 Å². The fourth-order valence-electron chi connectivity index (χ4n) is 2.47. The molecule has 0 N–H and O–H groups in total. The smallest absolute Gasteiger partial charge is 0.330 e. The van der Waals surface area contributed by atoms with Crippen molar-refractivity contribution in [3.63, 3.8) is 0 Å². The van der Waals surface area contributed by atoms with E-state index in [4.69, 9.17) is 10.00 Å². The third-order valence-electron chi connectivity index (χ3n) is 3.94. The van der Waals surface area contributed by atoms with Gasteiger partial charge in [0.2, 0.25) is 0 Å². The summed E-state index contributed by atoms with van der Waals surface area (Å²) in [5, 5.41) is 8.86. The molecule has 0 aromatic rings. The molecule has 1 atom stereocenters. The molecule has 0 aliphatic heterocycles. The van der Waals surface area contributed by atoms with Crippen LogP contribution in [-0.2, 0) is 19.1 Å². The van der Waals surface area contributed by atoms with E-state index in [-0.39, 0.29) is 5.97 Å². The average Bonchev–Trinajstić information content (AvgIpc) is 2.61. The molecular weight excluding hydrogens is 306 g/mol. The maximum Gasteiger partial charge on any atom is 0.330 e. The molecule has 0 radical (unpaired) electrons. The van der Waals surface area contributed by atoms with Crippen LogP contribution < -0.4 is 0 Å². The van der Waals surface area contributed by atoms with Crippen LogP contribution >= 0.6 is 0 Å². The molecule has 5 heteroatoms. The van der Waals surface area contributed by atoms with Crippen molar-refractivity contribution in [3.05, 3.63) is 12.7 Å². The summed E-state index contributed by atoms with van der Waals surface area (Å²) < 4.78 is 9.50. The van der Waals surface area contributed by atoms with Crippen molar-refractivity contribution in [1.82, 2.24) is 0 Å². The number of methoxy groups -OCH3 is 1. The zero-order valence-electron chi connectivity index (χ0n) is 14.9. The van der Waals surface area contributed by atoms with Crippen LogP contribution in [0.2, 0.25) is 0 Å². The number of esters is 2. The van der Waals surface area contributed by atoms with Gasteiger partial charge >= 0.3 is 11.9 Å². The lowest BCUT2D eigenvalue weighted by molar-refractivity contribution is -0.143. The van der Waals surface area contributed by atoms with E-state index < -0.39 is 11.9 Å². The minimum atomic E-state index is -0.610. The van der Waals surface area contributed by atoms with Gasteiger partial charge in [-0.2, -0.15) is 5.26 Å². The Balaban J connectivity index is 3.28. The fourth-order valence-corrected chi connectivity index (χ4v) is 2.47. The molecule has 0 aromatic heterocycles. The molecule has 0 spiro atoms. The minimum Gasteiger partial charge on any atom is -0.468 e. The molecule has 24 heavy (non-hydrogen) atoms. The molecule has 0 amide bonds. The number of nitrogens with zero attached hydrogens (tertiary/aromatic N) is 1. The highest BCUT2D eigenvalue weighted by atomic mass is 16.5. The second-order valence-electron chi connectivity index (χ2n) is 5.90. The van der Waals surface area contributed by atoms with E-state index in [1.54, 1.807) is 0 Å². The number of hydrogen-bond donors (Lipinski definition) is 0. The van der Waals surface area contributed by atoms with Crippen LogP contribution in [0, 0.1) is 17.2 Å². The van der Waals surface area contributed by atoms with Crippen molar-refractivity contribution in [2.45, 2.75) is 70.6 Å². The highest BCUT2D eigenvalue weighted by Gasteiger charge is 2.17. The first-order chi connectivity index (χ1) is 11.7. The number of unbranched alkanes of at least 4 members (excludes halogenated alkanes) is 9. The van der Waals surface area contributed by atoms with Crippen LogP contribution in [0.3, 0.4) is 0 Å². The Labute approximate surface area is 146 Å². The van der Waals surface area contributed by atoms with Crippen LogP contribution in [0.5, 0.6) is 0 Å². The Morgan fingerprint density at radius 2 is 1.50 bits per heavy atom. The maximum atomic E-state index is 11.3. The molecule has 0 bridgehead atoms. The highest BCUT2D eigenvalue weighted by molar-refractivity contribution is 5.81. The number of ether oxygens (including phenoxy) is 2. The second-order valence-corrected chi connectivity index (χ2v) is 5.90. The molecule has 1 unspecified atom stereocenters. The maximum absolute atomic E-state index is 11.3. The quantitative estimate of drug-likeness (QED) is 0.253. The van der Waals surface area contributed by atoms with E-state index in [1.807, 2.05) is 6.07 Å². The van der Waals surface area contributed by atoms with Crippen molar-refractivity contribution in [2.75, 3.05) is 13.7 Å². The molecule has 0 aliphatic carbocycles. The Kier molecular flexibility index (Phi) is 14.8. The van der Waals surface area contributed by atoms with Crippen molar-refractivity contribution >= 4 is 11.9 Å². The van der Waals surface area contributed by atoms with Gasteiger partial charge in [0.25, 0.3) is 0 Å². The number of carbonyl (C=O) groups excluding carboxylic acids is 2. The second kappa shape index (κ2) is 16.0. The Morgan fingerprint density at radius 3 is 1.96 bits per heavy atom. The standard InChI is InChI=1S/C19H31NO4/c1-3-18(21)24-15-13-11-9-7-5-4-6-8-10-12-14-17(16-20)19(22)23-2/h3,17H,1,4-15H2,2H3. The van der Waals surface area contributed by atoms with Gasteiger partial charge in [-0.3, -0.25) is 4.79 Å². The Hall–Kier alpha value is -1.83. The summed E-state index contributed by atoms with van der Waals surface area (Å²) in [5.41, 5.74) is 0. The van der Waals surface area contributed by atoms with Gasteiger partial charge in [-0.25, -0.2) is 4.79 Å². The first kappa shape index (κ1) is 22.2. The van der Waals surface area contributed by atoms with E-state index in [2.05, 4.69) is 11.3 Å². The molecule has 0 heterocycles. The third kappa shape index (κ3) is 12.7. The normalized spacial score (nSPS) is 11.3. The van der Waals surface area contributed by atoms with Gasteiger partial charge in [0.15, 0.2) is 0 Å². The van der Waals surface area contributed by atoms with E-state index >= 15 is 0 Å². The topological polar surface area (TPSA) is 76.4 Å². The summed E-state index contributed by atoms with van der Waals surface area (Å²) in [6.45, 7) is 3.84. The predicted molar refractivity (Wildman–Crippen MR) is 93.1 cm³/mol. The summed E-state index contributed by atoms with van der Waals surface area (Å²) in [4.78, 5) is 22.1. The van der Waals surface area contributed by atoms with E-state index in [0.717, 1.165) is 32.1 Å². The summed E-state index contributed by atoms with van der Waals surface area (Å²) in [7, 11) is 1.32. The Bertz CT molecular complexity index is 401. The van der Waals surface area contributed by atoms with Gasteiger partial charge in [0.1, 0.15) is 5.92 Å². The van der Waals surface area contributed by atoms with Gasteiger partial charge in [-0.15, -0.1) is 0 Å². The zero-order chi connectivity index (χ0) is 18.0. The summed E-state index contributed by atoms with van der Waals surface area (Å²) in [6, 6.07) is 1.99. The molecular formula is C19H31NO4. The minimum absolute atomic E-state index is 0.345. The van der Waals surface area contributed by atoms with Crippen LogP contribution in [0.15, 0.2) is 12.7 Å². The molecule has 0 saturated carbocycles. The lowest BCUT2D eigenvalue weighted by atomic mass is 10.0. The Morgan fingerprint density at radius 1 is 1.00 bits per heavy atom. The fraction of sp³-hybridized carbons (Fsp3) is 0.737. The average molecular weight is 337 g/mol. The highest BCUT2D eigenvalue weighted by Crippen LogP contribution is 2.14. The van der Waals surface area contributed by atoms with E-state index in [9.17, 15) is 9.59 Å². The lowest BCUT2D eigenvalue weighted by Crippen LogP contribution is -2.14. The zero-order valence-corrected chi connectivity index (χ0v) is 14.9. The molecule has 136 valence electrons. The van der Waals surface area contributed by atoms with Crippen LogP contribution in [-0.4, -0.2) is 25.7 Å². The monoisotopic (exact) mass is 337 g/mol. The third-order valence-corrected chi connectivity index (χ3v) is 3.94. The molecule has 0 saturated heterocycles. The molecule has 0 fully saturated rings. The van der Waals surface area contributed by atoms with E-state index in [0.29, 0.717) is 13.0 Å². The summed E-state index contributed by atoms with van der Waals surface area (Å²) >= 11 is 0. The first-order valence-corrected chi connectivity index (χ1v) is 8.92. The largest absolute Gasteiger partial charge is 0.468 e. The van der Waals surface area contributed by atoms with E-state index in [1.165, 1.54) is 45.3 Å². The van der Waals surface area contributed by atoms with Gasteiger partial charge < -0.3 is 9.47 Å². The van der Waals surface area contributed by atoms with Crippen molar-refractivity contribution in [2.24, 2.45) is 5.92 Å². The number of carbonyl (C=O) groups is 2. The summed E-state index contributed by atoms with van der Waals surface area (Å²) in [5.74, 6) is -1.37. The number of hydrogen-bond acceptors (Lipinski definition) is 5. The molecule has 5 nitrogen and oxygen atoms in total. The molecule has 0 aromatic carbocycles. The summed E-state index contributed by atoms with van der Waals surface area (Å²) in [6.07, 6.45) is 13.0. The number of rotatable bonds is 15. The predicted octanol–water partition coefficient (Wildman–Crippen LogP) is 4.32. The number of nitriles is 1. The first-order valence-electron chi connectivity index (χ1n) is 8.92. The van der Waals surface area contributed by atoms with Crippen LogP contribution in [0.1, 0.15) is 70.6 Å². The van der Waals surface area contributed by atoms with Gasteiger partial charge in [-0.1, -0.05) is 64.4 Å². The van der Waals surface area contributed by atoms with Gasteiger partial charge in [0.05, 0.1) is 19.8 Å². The van der Waals surface area contributed by atoms with Crippen LogP contribution in [0.4, 0.5) is 0 Å². The molecule has 0 rings (SSSR count). The van der Waals surface area contributed by atoms with Crippen LogP contribution in [0.25, 0.3) is 0 Å². The SMILES string of the molecule is C=CC(=O)OCCCCCCCCCCCCC(C#N)C(=O)OC. The van der Waals surface area contributed by atoms with Crippen molar-refractivity contribution in [1.29, 1.82) is 5.26 Å². The van der Waals surface area contributed by atoms with Gasteiger partial charge in [-0.05, 0) is 12.8 Å².